The van der Waals surface area contributed by atoms with E-state index < -0.39 is 0 Å². The highest BCUT2D eigenvalue weighted by Gasteiger charge is 2.03. The number of allylic oxidation sites excluding steroid dienone is 1. The highest BCUT2D eigenvalue weighted by molar-refractivity contribution is 9.10. The van der Waals surface area contributed by atoms with E-state index in [1.54, 1.807) is 24.3 Å². The number of hydrogen-bond acceptors (Lipinski definition) is 2. The molecule has 0 atom stereocenters. The summed E-state index contributed by atoms with van der Waals surface area (Å²) in [4.78, 5) is 23.6. The lowest BCUT2D eigenvalue weighted by molar-refractivity contribution is -0.111. The highest BCUT2D eigenvalue weighted by atomic mass is 79.9. The Morgan fingerprint density at radius 1 is 0.952 bits per heavy atom. The number of carbonyl (C=O) groups is 2. The number of benzene rings is 2. The Labute approximate surface area is 131 Å². The summed E-state index contributed by atoms with van der Waals surface area (Å²) in [5, 5.41) is 2.70. The lowest BCUT2D eigenvalue weighted by Crippen LogP contribution is -2.08. The predicted molar refractivity (Wildman–Crippen MR) is 87.4 cm³/mol. The second-order valence-electron chi connectivity index (χ2n) is 4.56. The summed E-state index contributed by atoms with van der Waals surface area (Å²) in [6.45, 7) is 1.97. The Bertz CT molecular complexity index is 673. The van der Waals surface area contributed by atoms with Gasteiger partial charge in [0.15, 0.2) is 5.78 Å². The molecule has 0 aliphatic carbocycles. The quantitative estimate of drug-likeness (QED) is 0.669. The maximum atomic E-state index is 11.9. The molecule has 0 saturated carbocycles. The molecule has 2 aromatic carbocycles. The molecular formula is C17H14BrNO2. The van der Waals surface area contributed by atoms with Crippen LogP contribution in [0.1, 0.15) is 15.9 Å². The van der Waals surface area contributed by atoms with Crippen LogP contribution in [0.3, 0.4) is 0 Å². The summed E-state index contributed by atoms with van der Waals surface area (Å²) in [6.07, 6.45) is 2.51. The molecule has 0 radical (unpaired) electrons. The number of amides is 1. The number of hydrogen-bond donors (Lipinski definition) is 1. The monoisotopic (exact) mass is 343 g/mol. The molecular weight excluding hydrogens is 330 g/mol. The number of halogens is 1. The van der Waals surface area contributed by atoms with Gasteiger partial charge in [-0.1, -0.05) is 33.6 Å². The van der Waals surface area contributed by atoms with E-state index in [-0.39, 0.29) is 11.7 Å². The number of anilines is 1. The van der Waals surface area contributed by atoms with E-state index in [0.29, 0.717) is 11.3 Å². The summed E-state index contributed by atoms with van der Waals surface area (Å²) in [5.74, 6) is -0.536. The lowest BCUT2D eigenvalue weighted by Gasteiger charge is -2.02. The Hall–Kier alpha value is -2.20. The second-order valence-corrected chi connectivity index (χ2v) is 5.48. The Kier molecular flexibility index (Phi) is 5.06. The van der Waals surface area contributed by atoms with Gasteiger partial charge in [0.1, 0.15) is 0 Å². The summed E-state index contributed by atoms with van der Waals surface area (Å²) in [6, 6.07) is 14.4. The van der Waals surface area contributed by atoms with Crippen molar-refractivity contribution in [2.24, 2.45) is 0 Å². The molecule has 2 rings (SSSR count). The molecule has 0 bridgehead atoms. The van der Waals surface area contributed by atoms with Crippen LogP contribution in [0, 0.1) is 6.92 Å². The molecule has 3 nitrogen and oxygen atoms in total. The molecule has 0 aliphatic heterocycles. The maximum absolute atomic E-state index is 11.9. The summed E-state index contributed by atoms with van der Waals surface area (Å²) >= 11 is 3.31. The summed E-state index contributed by atoms with van der Waals surface area (Å²) in [5.41, 5.74) is 2.36. The van der Waals surface area contributed by atoms with Crippen LogP contribution in [0.2, 0.25) is 0 Å². The third kappa shape index (κ3) is 4.68. The maximum Gasteiger partial charge on any atom is 0.248 e. The van der Waals surface area contributed by atoms with Crippen molar-refractivity contribution in [3.05, 3.63) is 76.3 Å². The number of rotatable bonds is 4. The highest BCUT2D eigenvalue weighted by Crippen LogP contribution is 2.11. The third-order valence-corrected chi connectivity index (χ3v) is 3.36. The number of carbonyl (C=O) groups excluding carboxylic acids is 2. The minimum absolute atomic E-state index is 0.207. The normalized spacial score (nSPS) is 10.6. The fourth-order valence-corrected chi connectivity index (χ4v) is 1.95. The first-order chi connectivity index (χ1) is 10.0. The topological polar surface area (TPSA) is 46.2 Å². The van der Waals surface area contributed by atoms with Crippen molar-refractivity contribution in [1.82, 2.24) is 0 Å². The van der Waals surface area contributed by atoms with Gasteiger partial charge in [-0.25, -0.2) is 0 Å². The van der Waals surface area contributed by atoms with Gasteiger partial charge in [0, 0.05) is 21.8 Å². The number of ketones is 1. The van der Waals surface area contributed by atoms with Gasteiger partial charge in [-0.05, 0) is 49.4 Å². The zero-order valence-corrected chi connectivity index (χ0v) is 13.1. The molecule has 0 aliphatic rings. The van der Waals surface area contributed by atoms with Crippen LogP contribution in [0.5, 0.6) is 0 Å². The molecule has 0 unspecified atom stereocenters. The smallest absolute Gasteiger partial charge is 0.248 e. The Morgan fingerprint density at radius 2 is 1.57 bits per heavy atom. The molecule has 1 N–H and O–H groups in total. The molecule has 0 heterocycles. The van der Waals surface area contributed by atoms with Crippen LogP contribution in [-0.2, 0) is 4.79 Å². The van der Waals surface area contributed by atoms with Crippen molar-refractivity contribution in [2.45, 2.75) is 6.92 Å². The molecule has 0 fully saturated rings. The van der Waals surface area contributed by atoms with E-state index >= 15 is 0 Å². The first-order valence-electron chi connectivity index (χ1n) is 6.40. The lowest BCUT2D eigenvalue weighted by atomic mass is 10.1. The van der Waals surface area contributed by atoms with Crippen molar-refractivity contribution >= 4 is 33.3 Å². The Morgan fingerprint density at radius 3 is 2.19 bits per heavy atom. The molecule has 0 saturated heterocycles. The standard InChI is InChI=1S/C17H14BrNO2/c1-12-2-8-15(9-3-12)19-17(21)11-10-16(20)13-4-6-14(18)7-5-13/h2-11H,1H3,(H,19,21)/b11-10+. The fraction of sp³-hybridized carbons (Fsp3) is 0.0588. The van der Waals surface area contributed by atoms with E-state index in [9.17, 15) is 9.59 Å². The minimum atomic E-state index is -0.329. The van der Waals surface area contributed by atoms with Crippen LogP contribution in [0.4, 0.5) is 5.69 Å². The van der Waals surface area contributed by atoms with Crippen LogP contribution < -0.4 is 5.32 Å². The summed E-state index contributed by atoms with van der Waals surface area (Å²) < 4.78 is 0.903. The van der Waals surface area contributed by atoms with Gasteiger partial charge in [-0.3, -0.25) is 9.59 Å². The predicted octanol–water partition coefficient (Wildman–Crippen LogP) is 4.14. The van der Waals surface area contributed by atoms with Crippen molar-refractivity contribution in [1.29, 1.82) is 0 Å². The average molecular weight is 344 g/mol. The van der Waals surface area contributed by atoms with Crippen LogP contribution in [0.15, 0.2) is 65.2 Å². The van der Waals surface area contributed by atoms with Gasteiger partial charge in [-0.15, -0.1) is 0 Å². The fourth-order valence-electron chi connectivity index (χ4n) is 1.68. The molecule has 1 amide bonds. The average Bonchev–Trinajstić information content (AvgIpc) is 2.48. The van der Waals surface area contributed by atoms with E-state index in [4.69, 9.17) is 0 Å². The van der Waals surface area contributed by atoms with Crippen LogP contribution >= 0.6 is 15.9 Å². The van der Waals surface area contributed by atoms with Crippen molar-refractivity contribution in [2.75, 3.05) is 5.32 Å². The molecule has 2 aromatic rings. The molecule has 106 valence electrons. The number of aryl methyl sites for hydroxylation is 1. The van der Waals surface area contributed by atoms with E-state index in [2.05, 4.69) is 21.2 Å². The first kappa shape index (κ1) is 15.2. The molecule has 21 heavy (non-hydrogen) atoms. The largest absolute Gasteiger partial charge is 0.323 e. The van der Waals surface area contributed by atoms with Gasteiger partial charge in [-0.2, -0.15) is 0 Å². The van der Waals surface area contributed by atoms with Crippen LogP contribution in [0.25, 0.3) is 0 Å². The summed E-state index contributed by atoms with van der Waals surface area (Å²) in [7, 11) is 0. The number of nitrogens with one attached hydrogen (secondary N) is 1. The zero-order chi connectivity index (χ0) is 15.2. The third-order valence-electron chi connectivity index (χ3n) is 2.83. The molecule has 0 spiro atoms. The minimum Gasteiger partial charge on any atom is -0.323 e. The van der Waals surface area contributed by atoms with Crippen molar-refractivity contribution < 1.29 is 9.59 Å². The first-order valence-corrected chi connectivity index (χ1v) is 7.19. The van der Waals surface area contributed by atoms with E-state index in [1.165, 1.54) is 12.2 Å². The van der Waals surface area contributed by atoms with Crippen molar-refractivity contribution in [3.63, 3.8) is 0 Å². The van der Waals surface area contributed by atoms with Crippen molar-refractivity contribution in [3.8, 4) is 0 Å². The Balaban J connectivity index is 1.96. The van der Waals surface area contributed by atoms with Crippen LogP contribution in [-0.4, -0.2) is 11.7 Å². The molecule has 4 heteroatoms. The van der Waals surface area contributed by atoms with Gasteiger partial charge < -0.3 is 5.32 Å². The van der Waals surface area contributed by atoms with Gasteiger partial charge in [0.05, 0.1) is 0 Å². The molecule has 0 aromatic heterocycles. The van der Waals surface area contributed by atoms with E-state index in [1.807, 2.05) is 31.2 Å². The van der Waals surface area contributed by atoms with E-state index in [0.717, 1.165) is 10.0 Å². The van der Waals surface area contributed by atoms with Gasteiger partial charge in [0.25, 0.3) is 0 Å². The second kappa shape index (κ2) is 6.99. The SMILES string of the molecule is Cc1ccc(NC(=O)/C=C/C(=O)c2ccc(Br)cc2)cc1. The van der Waals surface area contributed by atoms with Gasteiger partial charge >= 0.3 is 0 Å². The van der Waals surface area contributed by atoms with Gasteiger partial charge in [0.2, 0.25) is 5.91 Å². The zero-order valence-electron chi connectivity index (χ0n) is 11.5.